The standard InChI is InChI=1S/C17H21N3S/c1-20-6-2-3-15(20)7-13-9-18-17-5-4-12(8-16(13)17)14-10-19-21-11-14/h4-5,8,10-11,13,15,18H,2-3,6-7,9H2,1H3. The van der Waals surface area contributed by atoms with Gasteiger partial charge in [-0.05, 0) is 67.6 Å². The smallest absolute Gasteiger partial charge is 0.0485 e. The maximum atomic E-state index is 4.22. The number of aromatic nitrogens is 1. The van der Waals surface area contributed by atoms with Gasteiger partial charge in [0.1, 0.15) is 0 Å². The molecule has 2 atom stereocenters. The van der Waals surface area contributed by atoms with Gasteiger partial charge in [0.15, 0.2) is 0 Å². The van der Waals surface area contributed by atoms with Crippen molar-refractivity contribution in [3.63, 3.8) is 0 Å². The molecule has 1 aromatic carbocycles. The van der Waals surface area contributed by atoms with Crippen molar-refractivity contribution in [2.45, 2.75) is 31.2 Å². The predicted octanol–water partition coefficient (Wildman–Crippen LogP) is 3.80. The highest BCUT2D eigenvalue weighted by Crippen LogP contribution is 2.39. The fraction of sp³-hybridized carbons (Fsp3) is 0.471. The summed E-state index contributed by atoms with van der Waals surface area (Å²) >= 11 is 1.52. The first kappa shape index (κ1) is 13.3. The average Bonchev–Trinajstić information content (AvgIpc) is 3.22. The molecule has 2 aliphatic heterocycles. The zero-order valence-electron chi connectivity index (χ0n) is 12.4. The zero-order chi connectivity index (χ0) is 14.2. The Bertz CT molecular complexity index is 623. The largest absolute Gasteiger partial charge is 0.384 e. The second kappa shape index (κ2) is 5.43. The highest BCUT2D eigenvalue weighted by molar-refractivity contribution is 7.03. The number of benzene rings is 1. The van der Waals surface area contributed by atoms with Crippen LogP contribution in [0.2, 0.25) is 0 Å². The van der Waals surface area contributed by atoms with E-state index in [-0.39, 0.29) is 0 Å². The molecule has 2 aromatic rings. The van der Waals surface area contributed by atoms with Gasteiger partial charge in [-0.3, -0.25) is 0 Å². The normalized spacial score (nSPS) is 25.0. The molecule has 0 spiro atoms. The Balaban J connectivity index is 1.59. The molecular weight excluding hydrogens is 278 g/mol. The molecule has 0 radical (unpaired) electrons. The fourth-order valence-electron chi connectivity index (χ4n) is 3.75. The van der Waals surface area contributed by atoms with Crippen molar-refractivity contribution in [3.05, 3.63) is 35.3 Å². The molecule has 2 aliphatic rings. The third kappa shape index (κ3) is 2.47. The van der Waals surface area contributed by atoms with Crippen LogP contribution in [0.15, 0.2) is 29.8 Å². The monoisotopic (exact) mass is 299 g/mol. The van der Waals surface area contributed by atoms with E-state index in [2.05, 4.69) is 45.2 Å². The lowest BCUT2D eigenvalue weighted by Gasteiger charge is -2.23. The molecule has 0 amide bonds. The Morgan fingerprint density at radius 3 is 3.10 bits per heavy atom. The topological polar surface area (TPSA) is 28.2 Å². The number of likely N-dealkylation sites (tertiary alicyclic amines) is 1. The summed E-state index contributed by atoms with van der Waals surface area (Å²) in [5.74, 6) is 0.650. The molecule has 21 heavy (non-hydrogen) atoms. The summed E-state index contributed by atoms with van der Waals surface area (Å²) in [6, 6.07) is 7.58. The van der Waals surface area contributed by atoms with E-state index in [1.807, 2.05) is 6.20 Å². The van der Waals surface area contributed by atoms with Crippen LogP contribution in [0, 0.1) is 0 Å². The second-order valence-electron chi connectivity index (χ2n) is 6.31. The number of nitrogens with zero attached hydrogens (tertiary/aromatic N) is 2. The first-order chi connectivity index (χ1) is 10.3. The number of rotatable bonds is 3. The molecule has 2 unspecified atom stereocenters. The van der Waals surface area contributed by atoms with Gasteiger partial charge in [0.05, 0.1) is 0 Å². The molecule has 0 saturated carbocycles. The van der Waals surface area contributed by atoms with Crippen LogP contribution in [0.5, 0.6) is 0 Å². The summed E-state index contributed by atoms with van der Waals surface area (Å²) in [4.78, 5) is 2.53. The van der Waals surface area contributed by atoms with Crippen molar-refractivity contribution in [1.82, 2.24) is 9.27 Å². The molecule has 0 aliphatic carbocycles. The fourth-order valence-corrected chi connectivity index (χ4v) is 4.29. The lowest BCUT2D eigenvalue weighted by atomic mass is 9.91. The highest BCUT2D eigenvalue weighted by atomic mass is 32.1. The van der Waals surface area contributed by atoms with Crippen LogP contribution < -0.4 is 5.32 Å². The van der Waals surface area contributed by atoms with E-state index in [4.69, 9.17) is 0 Å². The van der Waals surface area contributed by atoms with Gasteiger partial charge in [0.25, 0.3) is 0 Å². The van der Waals surface area contributed by atoms with Crippen LogP contribution in [0.3, 0.4) is 0 Å². The van der Waals surface area contributed by atoms with Gasteiger partial charge < -0.3 is 10.2 Å². The molecule has 0 bridgehead atoms. The van der Waals surface area contributed by atoms with E-state index in [1.165, 1.54) is 59.7 Å². The van der Waals surface area contributed by atoms with E-state index in [9.17, 15) is 0 Å². The molecule has 1 aromatic heterocycles. The van der Waals surface area contributed by atoms with E-state index >= 15 is 0 Å². The van der Waals surface area contributed by atoms with Gasteiger partial charge in [-0.2, -0.15) is 0 Å². The van der Waals surface area contributed by atoms with Crippen LogP contribution in [0.1, 0.15) is 30.7 Å². The summed E-state index contributed by atoms with van der Waals surface area (Å²) in [5, 5.41) is 5.71. The minimum absolute atomic E-state index is 0.650. The van der Waals surface area contributed by atoms with Crippen LogP contribution >= 0.6 is 11.5 Å². The first-order valence-electron chi connectivity index (χ1n) is 7.79. The molecule has 1 fully saturated rings. The van der Waals surface area contributed by atoms with Gasteiger partial charge in [0.2, 0.25) is 0 Å². The van der Waals surface area contributed by atoms with Crippen molar-refractivity contribution < 1.29 is 0 Å². The van der Waals surface area contributed by atoms with Gasteiger partial charge in [0, 0.05) is 41.3 Å². The SMILES string of the molecule is CN1CCCC1CC1CNc2ccc(-c3cnsc3)cc21. The van der Waals surface area contributed by atoms with Crippen LogP contribution in [0.25, 0.3) is 11.1 Å². The van der Waals surface area contributed by atoms with E-state index in [0.29, 0.717) is 5.92 Å². The molecular formula is C17H21N3S. The van der Waals surface area contributed by atoms with Crippen molar-refractivity contribution in [2.75, 3.05) is 25.5 Å². The van der Waals surface area contributed by atoms with Gasteiger partial charge in [-0.15, -0.1) is 0 Å². The molecule has 3 nitrogen and oxygen atoms in total. The number of anilines is 1. The Labute approximate surface area is 130 Å². The number of nitrogens with one attached hydrogen (secondary N) is 1. The molecule has 110 valence electrons. The summed E-state index contributed by atoms with van der Waals surface area (Å²) in [6.45, 7) is 2.35. The van der Waals surface area contributed by atoms with Gasteiger partial charge >= 0.3 is 0 Å². The zero-order valence-corrected chi connectivity index (χ0v) is 13.2. The lowest BCUT2D eigenvalue weighted by Crippen LogP contribution is -2.27. The summed E-state index contributed by atoms with van der Waals surface area (Å²) in [6.07, 6.45) is 5.96. The summed E-state index contributed by atoms with van der Waals surface area (Å²) < 4.78 is 4.22. The van der Waals surface area contributed by atoms with Crippen LogP contribution in [-0.4, -0.2) is 35.5 Å². The Morgan fingerprint density at radius 2 is 2.33 bits per heavy atom. The molecule has 1 N–H and O–H groups in total. The number of hydrogen-bond donors (Lipinski definition) is 1. The Hall–Kier alpha value is -1.39. The van der Waals surface area contributed by atoms with Crippen molar-refractivity contribution in [2.24, 2.45) is 0 Å². The van der Waals surface area contributed by atoms with Gasteiger partial charge in [-0.25, -0.2) is 4.37 Å². The third-order valence-electron chi connectivity index (χ3n) is 5.02. The van der Waals surface area contributed by atoms with Crippen LogP contribution in [-0.2, 0) is 0 Å². The predicted molar refractivity (Wildman–Crippen MR) is 89.0 cm³/mol. The molecule has 4 heteroatoms. The average molecular weight is 299 g/mol. The van der Waals surface area contributed by atoms with Crippen molar-refractivity contribution in [3.8, 4) is 11.1 Å². The second-order valence-corrected chi connectivity index (χ2v) is 6.96. The molecule has 1 saturated heterocycles. The molecule has 3 heterocycles. The van der Waals surface area contributed by atoms with E-state index in [0.717, 1.165) is 12.6 Å². The number of hydrogen-bond acceptors (Lipinski definition) is 4. The Kier molecular flexibility index (Phi) is 3.43. The quantitative estimate of drug-likeness (QED) is 0.934. The summed E-state index contributed by atoms with van der Waals surface area (Å²) in [5.41, 5.74) is 5.37. The minimum atomic E-state index is 0.650. The van der Waals surface area contributed by atoms with Crippen LogP contribution in [0.4, 0.5) is 5.69 Å². The molecule has 4 rings (SSSR count). The van der Waals surface area contributed by atoms with Crippen molar-refractivity contribution >= 4 is 17.2 Å². The number of fused-ring (bicyclic) bond motifs is 1. The highest BCUT2D eigenvalue weighted by Gasteiger charge is 2.29. The van der Waals surface area contributed by atoms with E-state index < -0.39 is 0 Å². The third-order valence-corrected chi connectivity index (χ3v) is 5.61. The van der Waals surface area contributed by atoms with Gasteiger partial charge in [-0.1, -0.05) is 6.07 Å². The summed E-state index contributed by atoms with van der Waals surface area (Å²) in [7, 11) is 2.27. The lowest BCUT2D eigenvalue weighted by molar-refractivity contribution is 0.285. The first-order valence-corrected chi connectivity index (χ1v) is 8.63. The maximum Gasteiger partial charge on any atom is 0.0485 e. The van der Waals surface area contributed by atoms with Crippen molar-refractivity contribution in [1.29, 1.82) is 0 Å². The van der Waals surface area contributed by atoms with E-state index in [1.54, 1.807) is 0 Å². The maximum absolute atomic E-state index is 4.22. The minimum Gasteiger partial charge on any atom is -0.384 e. The Morgan fingerprint density at radius 1 is 1.38 bits per heavy atom.